The number of nitrogens with zero attached hydrogens (tertiary/aromatic N) is 1. The maximum Gasteiger partial charge on any atom is 0.244 e. The maximum absolute atomic E-state index is 12.8. The minimum atomic E-state index is -0.358. The van der Waals surface area contributed by atoms with Gasteiger partial charge in [-0.25, -0.2) is 0 Å². The Labute approximate surface area is 168 Å². The van der Waals surface area contributed by atoms with E-state index in [0.29, 0.717) is 28.6 Å². The summed E-state index contributed by atoms with van der Waals surface area (Å²) >= 11 is 13.5. The number of hydrogen-bond acceptors (Lipinski definition) is 5. The molecular formula is C18H23Cl2N3O2S. The first-order valence-corrected chi connectivity index (χ1v) is 10.1. The fraction of sp³-hybridized carbons (Fsp3) is 0.444. The lowest BCUT2D eigenvalue weighted by Gasteiger charge is -2.26. The number of ketones is 1. The van der Waals surface area contributed by atoms with Crippen molar-refractivity contribution < 1.29 is 9.59 Å². The van der Waals surface area contributed by atoms with Crippen molar-refractivity contribution >= 4 is 52.5 Å². The van der Waals surface area contributed by atoms with Crippen molar-refractivity contribution in [2.24, 2.45) is 0 Å². The molecule has 1 aliphatic heterocycles. The Morgan fingerprint density at radius 2 is 1.88 bits per heavy atom. The molecule has 1 atom stereocenters. The Balaban J connectivity index is 1.97. The number of allylic oxidation sites excluding steroid dienone is 1. The SMILES string of the molecule is CC(=O)CCCCCC(C(=O)Nc1cc(Cl)cc(Cl)c1)N1NC(C)=CS1. The molecule has 26 heavy (non-hydrogen) atoms. The lowest BCUT2D eigenvalue weighted by Crippen LogP contribution is -2.44. The number of Topliss-reactive ketones (excluding diaryl/α,β-unsaturated/α-hetero) is 1. The van der Waals surface area contributed by atoms with Crippen molar-refractivity contribution in [2.45, 2.75) is 52.0 Å². The summed E-state index contributed by atoms with van der Waals surface area (Å²) in [5.74, 6) is 0.0757. The van der Waals surface area contributed by atoms with Crippen LogP contribution in [0.2, 0.25) is 10.0 Å². The first-order valence-electron chi connectivity index (χ1n) is 8.51. The van der Waals surface area contributed by atoms with Crippen molar-refractivity contribution in [3.05, 3.63) is 39.3 Å². The van der Waals surface area contributed by atoms with E-state index in [1.54, 1.807) is 25.1 Å². The van der Waals surface area contributed by atoms with E-state index in [1.165, 1.54) is 11.9 Å². The van der Waals surface area contributed by atoms with E-state index < -0.39 is 0 Å². The third kappa shape index (κ3) is 6.83. The van der Waals surface area contributed by atoms with Crippen molar-refractivity contribution in [2.75, 3.05) is 5.32 Å². The van der Waals surface area contributed by atoms with Crippen molar-refractivity contribution in [3.63, 3.8) is 0 Å². The van der Waals surface area contributed by atoms with E-state index in [4.69, 9.17) is 23.2 Å². The molecule has 1 aliphatic rings. The molecule has 5 nitrogen and oxygen atoms in total. The Morgan fingerprint density at radius 3 is 2.46 bits per heavy atom. The number of carbonyl (C=O) groups excluding carboxylic acids is 2. The van der Waals surface area contributed by atoms with E-state index >= 15 is 0 Å². The first kappa shape index (κ1) is 21.1. The minimum absolute atomic E-state index is 0.127. The van der Waals surface area contributed by atoms with Gasteiger partial charge in [-0.3, -0.25) is 4.79 Å². The predicted molar refractivity (Wildman–Crippen MR) is 109 cm³/mol. The van der Waals surface area contributed by atoms with Gasteiger partial charge in [-0.2, -0.15) is 0 Å². The zero-order chi connectivity index (χ0) is 19.1. The molecule has 1 heterocycles. The highest BCUT2D eigenvalue weighted by Crippen LogP contribution is 2.27. The van der Waals surface area contributed by atoms with Gasteiger partial charge >= 0.3 is 0 Å². The molecule has 0 bridgehead atoms. The third-order valence-electron chi connectivity index (χ3n) is 3.85. The van der Waals surface area contributed by atoms with Crippen LogP contribution in [-0.2, 0) is 9.59 Å². The molecule has 8 heteroatoms. The van der Waals surface area contributed by atoms with E-state index in [2.05, 4.69) is 10.7 Å². The number of nitrogens with one attached hydrogen (secondary N) is 2. The highest BCUT2D eigenvalue weighted by Gasteiger charge is 2.28. The van der Waals surface area contributed by atoms with Crippen molar-refractivity contribution in [1.29, 1.82) is 0 Å². The average Bonchev–Trinajstić information content (AvgIpc) is 2.95. The van der Waals surface area contributed by atoms with Crippen LogP contribution >= 0.6 is 35.1 Å². The zero-order valence-electron chi connectivity index (χ0n) is 14.9. The molecule has 142 valence electrons. The van der Waals surface area contributed by atoms with Crippen LogP contribution in [0.15, 0.2) is 29.3 Å². The molecule has 0 aliphatic carbocycles. The lowest BCUT2D eigenvalue weighted by molar-refractivity contribution is -0.120. The molecule has 2 N–H and O–H groups in total. The van der Waals surface area contributed by atoms with Crippen LogP contribution in [0, 0.1) is 0 Å². The normalized spacial score (nSPS) is 15.3. The molecule has 0 fully saturated rings. The Bertz CT molecular complexity index is 677. The number of hydrogen-bond donors (Lipinski definition) is 2. The fourth-order valence-corrected chi connectivity index (χ4v) is 4.00. The van der Waals surface area contributed by atoms with Gasteiger partial charge in [0.2, 0.25) is 5.91 Å². The summed E-state index contributed by atoms with van der Waals surface area (Å²) < 4.78 is 1.85. The Kier molecular flexibility index (Phi) is 8.28. The summed E-state index contributed by atoms with van der Waals surface area (Å²) in [6.07, 6.45) is 3.90. The minimum Gasteiger partial charge on any atom is -0.325 e. The predicted octanol–water partition coefficient (Wildman–Crippen LogP) is 5.17. The van der Waals surface area contributed by atoms with E-state index in [9.17, 15) is 9.59 Å². The van der Waals surface area contributed by atoms with Crippen molar-refractivity contribution in [1.82, 2.24) is 9.84 Å². The van der Waals surface area contributed by atoms with Gasteiger partial charge in [-0.15, -0.1) is 4.41 Å². The monoisotopic (exact) mass is 415 g/mol. The van der Waals surface area contributed by atoms with Crippen LogP contribution in [-0.4, -0.2) is 22.1 Å². The van der Waals surface area contributed by atoms with E-state index in [0.717, 1.165) is 25.0 Å². The van der Waals surface area contributed by atoms with Crippen LogP contribution in [0.5, 0.6) is 0 Å². The summed E-state index contributed by atoms with van der Waals surface area (Å²) in [4.78, 5) is 23.9. The van der Waals surface area contributed by atoms with Gasteiger partial charge in [0.05, 0.1) is 0 Å². The molecular weight excluding hydrogens is 393 g/mol. The second-order valence-electron chi connectivity index (χ2n) is 6.31. The van der Waals surface area contributed by atoms with Gasteiger partial charge in [-0.1, -0.05) is 36.0 Å². The third-order valence-corrected chi connectivity index (χ3v) is 5.32. The first-order chi connectivity index (χ1) is 12.3. The summed E-state index contributed by atoms with van der Waals surface area (Å²) in [6.45, 7) is 3.55. The quantitative estimate of drug-likeness (QED) is 0.430. The van der Waals surface area contributed by atoms with Gasteiger partial charge in [0.25, 0.3) is 0 Å². The molecule has 0 aromatic heterocycles. The van der Waals surface area contributed by atoms with Crippen molar-refractivity contribution in [3.8, 4) is 0 Å². The average molecular weight is 416 g/mol. The number of anilines is 1. The molecule has 0 saturated heterocycles. The summed E-state index contributed by atoms with van der Waals surface area (Å²) in [5.41, 5.74) is 4.76. The van der Waals surface area contributed by atoms with Gasteiger partial charge in [0.15, 0.2) is 0 Å². The summed E-state index contributed by atoms with van der Waals surface area (Å²) in [6, 6.07) is 4.60. The number of amides is 1. The molecule has 1 amide bonds. The molecule has 1 aromatic rings. The largest absolute Gasteiger partial charge is 0.325 e. The van der Waals surface area contributed by atoms with E-state index in [1.807, 2.05) is 16.7 Å². The van der Waals surface area contributed by atoms with Crippen LogP contribution in [0.4, 0.5) is 5.69 Å². The van der Waals surface area contributed by atoms with Crippen LogP contribution in [0.3, 0.4) is 0 Å². The number of hydrazine groups is 1. The maximum atomic E-state index is 12.8. The second kappa shape index (κ2) is 10.2. The van der Waals surface area contributed by atoms with Gasteiger partial charge in [0.1, 0.15) is 11.8 Å². The standard InChI is InChI=1S/C18H23Cl2N3O2S/c1-12-11-26-23(22-12)17(7-5-3-4-6-13(2)24)18(25)21-16-9-14(19)8-15(20)10-16/h8-11,17,22H,3-7H2,1-2H3,(H,21,25). The number of unbranched alkanes of at least 4 members (excludes halogenated alkanes) is 2. The zero-order valence-corrected chi connectivity index (χ0v) is 17.2. The fourth-order valence-electron chi connectivity index (χ4n) is 2.61. The van der Waals surface area contributed by atoms with E-state index in [-0.39, 0.29) is 17.7 Å². The second-order valence-corrected chi connectivity index (χ2v) is 8.02. The number of carbonyl (C=O) groups is 2. The van der Waals surface area contributed by atoms with Crippen LogP contribution in [0.1, 0.15) is 46.0 Å². The topological polar surface area (TPSA) is 61.4 Å². The Morgan fingerprint density at radius 1 is 1.19 bits per heavy atom. The molecule has 0 radical (unpaired) electrons. The van der Waals surface area contributed by atoms with Gasteiger partial charge in [-0.05, 0) is 56.8 Å². The number of benzene rings is 1. The number of rotatable bonds is 9. The van der Waals surface area contributed by atoms with Gasteiger partial charge in [0, 0.05) is 33.3 Å². The smallest absolute Gasteiger partial charge is 0.244 e. The van der Waals surface area contributed by atoms with Crippen LogP contribution in [0.25, 0.3) is 0 Å². The molecule has 1 aromatic carbocycles. The molecule has 0 spiro atoms. The lowest BCUT2D eigenvalue weighted by atomic mass is 10.1. The Hall–Kier alpha value is -1.21. The number of halogens is 2. The molecule has 2 rings (SSSR count). The summed E-state index contributed by atoms with van der Waals surface area (Å²) in [5, 5.41) is 5.80. The van der Waals surface area contributed by atoms with Crippen LogP contribution < -0.4 is 10.7 Å². The van der Waals surface area contributed by atoms with Gasteiger partial charge < -0.3 is 15.5 Å². The highest BCUT2D eigenvalue weighted by molar-refractivity contribution is 8.00. The summed E-state index contributed by atoms with van der Waals surface area (Å²) in [7, 11) is 0. The highest BCUT2D eigenvalue weighted by atomic mass is 35.5. The molecule has 0 saturated carbocycles. The molecule has 1 unspecified atom stereocenters.